The molecule has 0 bridgehead atoms. The van der Waals surface area contributed by atoms with Crippen molar-refractivity contribution in [3.05, 3.63) is 83.6 Å². The summed E-state index contributed by atoms with van der Waals surface area (Å²) in [4.78, 5) is 12.8. The number of carbonyl (C=O) groups excluding carboxylic acids is 1. The summed E-state index contributed by atoms with van der Waals surface area (Å²) in [6.07, 6.45) is 4.30. The van der Waals surface area contributed by atoms with Gasteiger partial charge >= 0.3 is 5.97 Å². The third-order valence-corrected chi connectivity index (χ3v) is 6.70. The molecule has 0 saturated carbocycles. The normalized spacial score (nSPS) is 19.9. The van der Waals surface area contributed by atoms with E-state index in [1.807, 2.05) is 13.0 Å². The molecule has 0 unspecified atom stereocenters. The number of hydrogen-bond acceptors (Lipinski definition) is 7. The zero-order valence-electron chi connectivity index (χ0n) is 21.4. The van der Waals surface area contributed by atoms with Crippen LogP contribution in [0.2, 0.25) is 0 Å². The lowest BCUT2D eigenvalue weighted by Gasteiger charge is -2.37. The van der Waals surface area contributed by atoms with Gasteiger partial charge in [-0.15, -0.1) is 0 Å². The first-order valence-corrected chi connectivity index (χ1v) is 12.9. The van der Waals surface area contributed by atoms with Crippen LogP contribution in [-0.4, -0.2) is 63.6 Å². The number of benzene rings is 2. The van der Waals surface area contributed by atoms with Gasteiger partial charge in [-0.1, -0.05) is 55.1 Å². The van der Waals surface area contributed by atoms with Crippen LogP contribution in [0, 0.1) is 5.92 Å². The lowest BCUT2D eigenvalue weighted by atomic mass is 9.78. The minimum Gasteiger partial charge on any atom is -0.457 e. The second kappa shape index (κ2) is 13.5. The van der Waals surface area contributed by atoms with Gasteiger partial charge < -0.3 is 28.8 Å². The fourth-order valence-corrected chi connectivity index (χ4v) is 5.09. The van der Waals surface area contributed by atoms with Crippen molar-refractivity contribution in [2.75, 3.05) is 46.2 Å². The number of rotatable bonds is 14. The molecule has 1 aliphatic heterocycles. The van der Waals surface area contributed by atoms with Crippen LogP contribution in [0.5, 0.6) is 0 Å². The highest BCUT2D eigenvalue weighted by atomic mass is 16.7. The highest BCUT2D eigenvalue weighted by Gasteiger charge is 2.40. The van der Waals surface area contributed by atoms with Gasteiger partial charge in [-0.05, 0) is 53.7 Å². The third kappa shape index (κ3) is 6.48. The number of aliphatic hydroxyl groups excluding tert-OH is 1. The SMILES string of the molecule is C=CCOC(=O)C1=C[C@H](c2cccc3c2Cc2ccccc2-3)[C@H](CCOCCOCCO)[C@H](OCC)O1. The Morgan fingerprint density at radius 3 is 2.65 bits per heavy atom. The molecule has 0 spiro atoms. The minimum atomic E-state index is -0.625. The van der Waals surface area contributed by atoms with E-state index in [-0.39, 0.29) is 30.8 Å². The van der Waals surface area contributed by atoms with Gasteiger partial charge in [0.15, 0.2) is 0 Å². The van der Waals surface area contributed by atoms with Crippen molar-refractivity contribution in [1.29, 1.82) is 0 Å². The summed E-state index contributed by atoms with van der Waals surface area (Å²) in [5.74, 6) is -0.575. The summed E-state index contributed by atoms with van der Waals surface area (Å²) in [6, 6.07) is 14.9. The molecule has 0 saturated heterocycles. The van der Waals surface area contributed by atoms with Crippen molar-refractivity contribution in [1.82, 2.24) is 0 Å². The Bertz CT molecular complexity index is 1090. The van der Waals surface area contributed by atoms with Crippen LogP contribution in [-0.2, 0) is 34.9 Å². The molecule has 2 aromatic rings. The second-order valence-electron chi connectivity index (χ2n) is 8.99. The molecule has 1 heterocycles. The van der Waals surface area contributed by atoms with Crippen molar-refractivity contribution in [3.8, 4) is 11.1 Å². The molecule has 0 aromatic heterocycles. The predicted molar refractivity (Wildman–Crippen MR) is 140 cm³/mol. The molecule has 7 heteroatoms. The van der Waals surface area contributed by atoms with Gasteiger partial charge in [-0.3, -0.25) is 0 Å². The molecule has 7 nitrogen and oxygen atoms in total. The quantitative estimate of drug-likeness (QED) is 0.197. The summed E-state index contributed by atoms with van der Waals surface area (Å²) in [6.45, 7) is 7.71. The van der Waals surface area contributed by atoms with Gasteiger partial charge in [0.25, 0.3) is 0 Å². The highest BCUT2D eigenvalue weighted by molar-refractivity contribution is 5.87. The fraction of sp³-hybridized carbons (Fsp3) is 0.433. The van der Waals surface area contributed by atoms with Crippen LogP contribution in [0.4, 0.5) is 0 Å². The first-order valence-electron chi connectivity index (χ1n) is 12.9. The molecule has 0 amide bonds. The van der Waals surface area contributed by atoms with E-state index in [1.54, 1.807) is 0 Å². The van der Waals surface area contributed by atoms with Crippen molar-refractivity contribution in [2.45, 2.75) is 32.0 Å². The van der Waals surface area contributed by atoms with E-state index in [2.05, 4.69) is 49.0 Å². The van der Waals surface area contributed by atoms with Crippen molar-refractivity contribution >= 4 is 5.97 Å². The maximum absolute atomic E-state index is 12.8. The summed E-state index contributed by atoms with van der Waals surface area (Å²) in [5, 5.41) is 8.85. The van der Waals surface area contributed by atoms with Crippen LogP contribution in [0.25, 0.3) is 11.1 Å². The third-order valence-electron chi connectivity index (χ3n) is 6.70. The Morgan fingerprint density at radius 2 is 1.86 bits per heavy atom. The average Bonchev–Trinajstić information content (AvgIpc) is 3.30. The predicted octanol–water partition coefficient (Wildman–Crippen LogP) is 4.38. The molecule has 4 rings (SSSR count). The standard InChI is InChI=1S/C30H36O7/c1-3-14-36-29(32)28-20-27(24-11-7-10-23-22-9-6-5-8-21(22)19-26(23)24)25(30(37-28)35-4-2)12-15-33-17-18-34-16-13-31/h3,5-11,20,25,27,30-31H,1,4,12-19H2,2H3/t25-,27+,30+/m0/s1. The number of hydrogen-bond donors (Lipinski definition) is 1. The summed E-state index contributed by atoms with van der Waals surface area (Å²) < 4.78 is 28.5. The average molecular weight is 509 g/mol. The Morgan fingerprint density at radius 1 is 1.08 bits per heavy atom. The molecule has 1 N–H and O–H groups in total. The molecule has 2 aromatic carbocycles. The molecule has 0 radical (unpaired) electrons. The summed E-state index contributed by atoms with van der Waals surface area (Å²) >= 11 is 0. The van der Waals surface area contributed by atoms with Crippen molar-refractivity contribution in [3.63, 3.8) is 0 Å². The lowest BCUT2D eigenvalue weighted by Crippen LogP contribution is -2.37. The van der Waals surface area contributed by atoms with Gasteiger partial charge in [0.05, 0.1) is 26.4 Å². The summed E-state index contributed by atoms with van der Waals surface area (Å²) in [5.41, 5.74) is 6.21. The monoisotopic (exact) mass is 508 g/mol. The number of allylic oxidation sites excluding steroid dienone is 1. The van der Waals surface area contributed by atoms with E-state index in [0.29, 0.717) is 39.5 Å². The van der Waals surface area contributed by atoms with E-state index < -0.39 is 12.3 Å². The van der Waals surface area contributed by atoms with E-state index in [0.717, 1.165) is 12.0 Å². The zero-order valence-corrected chi connectivity index (χ0v) is 21.4. The van der Waals surface area contributed by atoms with E-state index >= 15 is 0 Å². The molecule has 2 aliphatic rings. The van der Waals surface area contributed by atoms with Crippen molar-refractivity contribution < 1.29 is 33.6 Å². The van der Waals surface area contributed by atoms with Gasteiger partial charge in [-0.2, -0.15) is 0 Å². The molecular weight excluding hydrogens is 472 g/mol. The Balaban J connectivity index is 1.63. The number of carbonyl (C=O) groups is 1. The van der Waals surface area contributed by atoms with Gasteiger partial charge in [0, 0.05) is 25.0 Å². The van der Waals surface area contributed by atoms with Crippen LogP contribution in [0.1, 0.15) is 36.0 Å². The smallest absolute Gasteiger partial charge is 0.373 e. The highest BCUT2D eigenvalue weighted by Crippen LogP contribution is 2.45. The maximum atomic E-state index is 12.8. The first-order chi connectivity index (χ1) is 18.2. The molecular formula is C30H36O7. The zero-order chi connectivity index (χ0) is 26.0. The molecule has 1 aliphatic carbocycles. The van der Waals surface area contributed by atoms with Gasteiger partial charge in [0.1, 0.15) is 6.61 Å². The van der Waals surface area contributed by atoms with Crippen LogP contribution < -0.4 is 0 Å². The van der Waals surface area contributed by atoms with Crippen LogP contribution in [0.3, 0.4) is 0 Å². The van der Waals surface area contributed by atoms with Crippen LogP contribution in [0.15, 0.2) is 67.0 Å². The molecule has 37 heavy (non-hydrogen) atoms. The van der Waals surface area contributed by atoms with Crippen molar-refractivity contribution in [2.24, 2.45) is 5.92 Å². The number of aliphatic hydroxyl groups is 1. The van der Waals surface area contributed by atoms with E-state index in [1.165, 1.54) is 28.3 Å². The van der Waals surface area contributed by atoms with Crippen LogP contribution >= 0.6 is 0 Å². The van der Waals surface area contributed by atoms with Gasteiger partial charge in [-0.25, -0.2) is 4.79 Å². The number of fused-ring (bicyclic) bond motifs is 3. The van der Waals surface area contributed by atoms with E-state index in [4.69, 9.17) is 28.8 Å². The Kier molecular flexibility index (Phi) is 9.91. The number of esters is 1. The lowest BCUT2D eigenvalue weighted by molar-refractivity contribution is -0.176. The largest absolute Gasteiger partial charge is 0.457 e. The molecule has 3 atom stereocenters. The van der Waals surface area contributed by atoms with Gasteiger partial charge in [0.2, 0.25) is 12.0 Å². The van der Waals surface area contributed by atoms with E-state index in [9.17, 15) is 4.79 Å². The summed E-state index contributed by atoms with van der Waals surface area (Å²) in [7, 11) is 0. The Hall–Kier alpha value is -2.97. The maximum Gasteiger partial charge on any atom is 0.373 e. The number of ether oxygens (including phenoxy) is 5. The minimum absolute atomic E-state index is 0.00764. The Labute approximate surface area is 218 Å². The topological polar surface area (TPSA) is 83.5 Å². The fourth-order valence-electron chi connectivity index (χ4n) is 5.09. The molecule has 0 fully saturated rings. The first kappa shape index (κ1) is 27.1. The second-order valence-corrected chi connectivity index (χ2v) is 8.99. The molecule has 198 valence electrons.